The molecular formula is C11H11Cl2F3OS. The largest absolute Gasteiger partial charge is 0.395 e. The van der Waals surface area contributed by atoms with Crippen LogP contribution in [0.4, 0.5) is 13.2 Å². The Bertz CT molecular complexity index is 428. The van der Waals surface area contributed by atoms with E-state index in [1.165, 1.54) is 24.5 Å². The zero-order valence-electron chi connectivity index (χ0n) is 9.43. The van der Waals surface area contributed by atoms with E-state index in [2.05, 4.69) is 0 Å². The van der Waals surface area contributed by atoms with E-state index in [1.807, 2.05) is 0 Å². The zero-order chi connectivity index (χ0) is 13.9. The summed E-state index contributed by atoms with van der Waals surface area (Å²) in [6, 6.07) is 3.85. The van der Waals surface area contributed by atoms with Crippen LogP contribution in [0.25, 0.3) is 0 Å². The third-order valence-corrected chi connectivity index (χ3v) is 3.62. The molecule has 18 heavy (non-hydrogen) atoms. The molecule has 0 radical (unpaired) electrons. The van der Waals surface area contributed by atoms with Crippen molar-refractivity contribution in [2.24, 2.45) is 0 Å². The van der Waals surface area contributed by atoms with E-state index in [-0.39, 0.29) is 27.8 Å². The second-order valence-electron chi connectivity index (χ2n) is 3.86. The summed E-state index contributed by atoms with van der Waals surface area (Å²) in [6.07, 6.45) is -3.28. The average Bonchev–Trinajstić information content (AvgIpc) is 2.13. The normalized spacial score (nSPS) is 15.4. The van der Waals surface area contributed by atoms with Gasteiger partial charge in [-0.05, 0) is 30.2 Å². The SMILES string of the molecule is CS(=O)CCC(c1cc(Cl)cc(Cl)c1)C(F)(F)F. The van der Waals surface area contributed by atoms with Gasteiger partial charge >= 0.3 is 6.18 Å². The van der Waals surface area contributed by atoms with Gasteiger partial charge in [0.15, 0.2) is 0 Å². The Morgan fingerprint density at radius 3 is 2.11 bits per heavy atom. The highest BCUT2D eigenvalue weighted by Gasteiger charge is 2.40. The fourth-order valence-corrected chi connectivity index (χ4v) is 2.69. The minimum atomic E-state index is -4.41. The van der Waals surface area contributed by atoms with Crippen molar-refractivity contribution >= 4 is 34.0 Å². The molecule has 1 rings (SSSR count). The zero-order valence-corrected chi connectivity index (χ0v) is 11.8. The van der Waals surface area contributed by atoms with Gasteiger partial charge in [-0.25, -0.2) is 0 Å². The molecule has 0 aliphatic carbocycles. The highest BCUT2D eigenvalue weighted by atomic mass is 35.5. The van der Waals surface area contributed by atoms with Gasteiger partial charge in [-0.15, -0.1) is 0 Å². The van der Waals surface area contributed by atoms with Crippen LogP contribution < -0.4 is 0 Å². The van der Waals surface area contributed by atoms with E-state index >= 15 is 0 Å². The predicted molar refractivity (Wildman–Crippen MR) is 68.8 cm³/mol. The lowest BCUT2D eigenvalue weighted by atomic mass is 9.96. The van der Waals surface area contributed by atoms with Gasteiger partial charge in [0.2, 0.25) is 0 Å². The van der Waals surface area contributed by atoms with Crippen molar-refractivity contribution in [2.45, 2.75) is 18.5 Å². The van der Waals surface area contributed by atoms with E-state index in [0.29, 0.717) is 0 Å². The van der Waals surface area contributed by atoms with Gasteiger partial charge in [0.1, 0.15) is 0 Å². The van der Waals surface area contributed by atoms with Crippen LogP contribution in [0.2, 0.25) is 10.0 Å². The summed E-state index contributed by atoms with van der Waals surface area (Å²) < 4.78 is 49.7. The molecule has 0 bridgehead atoms. The molecule has 0 saturated carbocycles. The third kappa shape index (κ3) is 4.78. The van der Waals surface area contributed by atoms with E-state index in [4.69, 9.17) is 23.2 Å². The van der Waals surface area contributed by atoms with Crippen LogP contribution in [0.5, 0.6) is 0 Å². The Hall–Kier alpha value is -0.260. The summed E-state index contributed by atoms with van der Waals surface area (Å²) in [7, 11) is -1.27. The molecule has 0 aromatic heterocycles. The summed E-state index contributed by atoms with van der Waals surface area (Å²) in [4.78, 5) is 0. The Morgan fingerprint density at radius 2 is 1.72 bits per heavy atom. The van der Waals surface area contributed by atoms with Crippen LogP contribution in [-0.2, 0) is 10.8 Å². The number of alkyl halides is 3. The summed E-state index contributed by atoms with van der Waals surface area (Å²) in [6.45, 7) is 0. The first kappa shape index (κ1) is 15.8. The van der Waals surface area contributed by atoms with Gasteiger partial charge in [-0.2, -0.15) is 13.2 Å². The van der Waals surface area contributed by atoms with Gasteiger partial charge in [-0.1, -0.05) is 23.2 Å². The van der Waals surface area contributed by atoms with E-state index < -0.39 is 22.9 Å². The lowest BCUT2D eigenvalue weighted by molar-refractivity contribution is -0.150. The second-order valence-corrected chi connectivity index (χ2v) is 6.29. The topological polar surface area (TPSA) is 17.1 Å². The number of benzene rings is 1. The van der Waals surface area contributed by atoms with Crippen LogP contribution in [0.1, 0.15) is 17.9 Å². The lowest BCUT2D eigenvalue weighted by Crippen LogP contribution is -2.22. The van der Waals surface area contributed by atoms with Crippen LogP contribution in [-0.4, -0.2) is 22.4 Å². The van der Waals surface area contributed by atoms with Crippen LogP contribution in [0.3, 0.4) is 0 Å². The first-order valence-electron chi connectivity index (χ1n) is 5.03. The monoisotopic (exact) mass is 318 g/mol. The molecule has 7 heteroatoms. The Labute approximate surface area is 116 Å². The molecule has 102 valence electrons. The quantitative estimate of drug-likeness (QED) is 0.803. The number of hydrogen-bond donors (Lipinski definition) is 0. The van der Waals surface area contributed by atoms with Gasteiger partial charge in [0.25, 0.3) is 0 Å². The Morgan fingerprint density at radius 1 is 1.22 bits per heavy atom. The maximum Gasteiger partial charge on any atom is 0.395 e. The van der Waals surface area contributed by atoms with E-state index in [9.17, 15) is 17.4 Å². The van der Waals surface area contributed by atoms with Crippen molar-refractivity contribution < 1.29 is 17.4 Å². The summed E-state index contributed by atoms with van der Waals surface area (Å²) >= 11 is 11.4. The fourth-order valence-electron chi connectivity index (χ4n) is 1.58. The summed E-state index contributed by atoms with van der Waals surface area (Å²) in [5, 5.41) is 0.314. The van der Waals surface area contributed by atoms with Crippen molar-refractivity contribution in [3.63, 3.8) is 0 Å². The first-order valence-corrected chi connectivity index (χ1v) is 7.51. The van der Waals surface area contributed by atoms with Crippen LogP contribution in [0, 0.1) is 0 Å². The van der Waals surface area contributed by atoms with Crippen molar-refractivity contribution in [1.29, 1.82) is 0 Å². The first-order chi connectivity index (χ1) is 8.20. The number of hydrogen-bond acceptors (Lipinski definition) is 1. The highest BCUT2D eigenvalue weighted by Crippen LogP contribution is 2.39. The third-order valence-electron chi connectivity index (χ3n) is 2.38. The standard InChI is InChI=1S/C11H11Cl2F3OS/c1-18(17)3-2-10(11(14,15)16)7-4-8(12)6-9(13)5-7/h4-6,10H,2-3H2,1H3. The lowest BCUT2D eigenvalue weighted by Gasteiger charge is -2.20. The smallest absolute Gasteiger partial charge is 0.260 e. The van der Waals surface area contributed by atoms with Gasteiger partial charge in [-0.3, -0.25) is 4.21 Å². The molecule has 0 spiro atoms. The van der Waals surface area contributed by atoms with Crippen molar-refractivity contribution in [3.8, 4) is 0 Å². The molecular weight excluding hydrogens is 308 g/mol. The second kappa shape index (κ2) is 6.26. The minimum Gasteiger partial charge on any atom is -0.260 e. The van der Waals surface area contributed by atoms with E-state index in [1.54, 1.807) is 0 Å². The maximum atomic E-state index is 12.9. The van der Waals surface area contributed by atoms with Crippen LogP contribution in [0.15, 0.2) is 18.2 Å². The summed E-state index contributed by atoms with van der Waals surface area (Å²) in [5.74, 6) is -1.72. The molecule has 0 aliphatic rings. The minimum absolute atomic E-state index is 0.00505. The average molecular weight is 319 g/mol. The molecule has 1 aromatic rings. The molecule has 1 nitrogen and oxygen atoms in total. The van der Waals surface area contributed by atoms with E-state index in [0.717, 1.165) is 0 Å². The fraction of sp³-hybridized carbons (Fsp3) is 0.455. The molecule has 0 aliphatic heterocycles. The molecule has 0 amide bonds. The van der Waals surface area contributed by atoms with Gasteiger partial charge in [0, 0.05) is 32.9 Å². The van der Waals surface area contributed by atoms with Crippen molar-refractivity contribution in [2.75, 3.05) is 12.0 Å². The predicted octanol–water partition coefficient (Wildman–Crippen LogP) is 4.41. The molecule has 0 saturated heterocycles. The molecule has 0 heterocycles. The maximum absolute atomic E-state index is 12.9. The number of halogens is 5. The highest BCUT2D eigenvalue weighted by molar-refractivity contribution is 7.84. The Balaban J connectivity index is 3.05. The molecule has 2 atom stereocenters. The summed E-state index contributed by atoms with van der Waals surface area (Å²) in [5.41, 5.74) is 0.00505. The van der Waals surface area contributed by atoms with Gasteiger partial charge < -0.3 is 0 Å². The van der Waals surface area contributed by atoms with Gasteiger partial charge in [0.05, 0.1) is 5.92 Å². The molecule has 2 unspecified atom stereocenters. The Kier molecular flexibility index (Phi) is 5.49. The molecule has 0 fully saturated rings. The molecule has 0 N–H and O–H groups in total. The van der Waals surface area contributed by atoms with Crippen molar-refractivity contribution in [3.05, 3.63) is 33.8 Å². The molecule has 1 aromatic carbocycles. The number of rotatable bonds is 4. The van der Waals surface area contributed by atoms with Crippen LogP contribution >= 0.6 is 23.2 Å². The van der Waals surface area contributed by atoms with Crippen molar-refractivity contribution in [1.82, 2.24) is 0 Å².